The molecule has 172 valence electrons. The maximum absolute atomic E-state index is 13.3. The van der Waals surface area contributed by atoms with Crippen molar-refractivity contribution >= 4 is 11.9 Å². The van der Waals surface area contributed by atoms with Gasteiger partial charge in [0.2, 0.25) is 5.95 Å². The summed E-state index contributed by atoms with van der Waals surface area (Å²) in [5.74, 6) is 0.767. The van der Waals surface area contributed by atoms with E-state index in [9.17, 15) is 4.79 Å². The molecule has 0 radical (unpaired) electrons. The van der Waals surface area contributed by atoms with Crippen molar-refractivity contribution in [3.05, 3.63) is 81.9 Å². The summed E-state index contributed by atoms with van der Waals surface area (Å²) in [6.07, 6.45) is 2.89. The van der Waals surface area contributed by atoms with Crippen molar-refractivity contribution in [2.24, 2.45) is 0 Å². The third-order valence-corrected chi connectivity index (χ3v) is 6.28. The van der Waals surface area contributed by atoms with Crippen LogP contribution in [0.2, 0.25) is 0 Å². The van der Waals surface area contributed by atoms with Gasteiger partial charge in [-0.25, -0.2) is 9.97 Å². The molecule has 1 fully saturated rings. The van der Waals surface area contributed by atoms with E-state index >= 15 is 0 Å². The van der Waals surface area contributed by atoms with Crippen LogP contribution in [0.4, 0.5) is 5.95 Å². The lowest BCUT2D eigenvalue weighted by Crippen LogP contribution is -2.40. The molecule has 0 saturated carbocycles. The Labute approximate surface area is 196 Å². The van der Waals surface area contributed by atoms with E-state index in [0.717, 1.165) is 42.9 Å². The maximum Gasteiger partial charge on any atom is 0.272 e. The first-order chi connectivity index (χ1) is 15.8. The van der Waals surface area contributed by atoms with Gasteiger partial charge in [-0.2, -0.15) is 0 Å². The Hall–Kier alpha value is -3.28. The lowest BCUT2D eigenvalue weighted by molar-refractivity contribution is 0.0699. The average molecular weight is 444 g/mol. The average Bonchev–Trinajstić information content (AvgIpc) is 2.79. The van der Waals surface area contributed by atoms with Crippen molar-refractivity contribution in [1.29, 1.82) is 0 Å². The minimum atomic E-state index is -0.0268. The molecule has 0 N–H and O–H groups in total. The van der Waals surface area contributed by atoms with E-state index in [0.29, 0.717) is 18.2 Å². The fourth-order valence-corrected chi connectivity index (χ4v) is 4.54. The molecule has 33 heavy (non-hydrogen) atoms. The number of rotatable bonds is 5. The van der Waals surface area contributed by atoms with Crippen LogP contribution in [0.1, 0.15) is 63.0 Å². The number of aryl methyl sites for hydroxylation is 3. The number of hydrogen-bond donors (Lipinski definition) is 0. The Morgan fingerprint density at radius 3 is 2.55 bits per heavy atom. The first-order valence-electron chi connectivity index (χ1n) is 11.6. The zero-order valence-corrected chi connectivity index (χ0v) is 20.3. The Bertz CT molecular complexity index is 1160. The number of hydrogen-bond acceptors (Lipinski definition) is 5. The summed E-state index contributed by atoms with van der Waals surface area (Å²) < 4.78 is 0. The third kappa shape index (κ3) is 5.38. The first kappa shape index (κ1) is 22.9. The number of carbonyl (C=O) groups is 1. The summed E-state index contributed by atoms with van der Waals surface area (Å²) in [6, 6.07) is 14.7. The number of pyridine rings is 1. The smallest absolute Gasteiger partial charge is 0.272 e. The van der Waals surface area contributed by atoms with E-state index in [4.69, 9.17) is 4.98 Å². The molecule has 3 aromatic rings. The summed E-state index contributed by atoms with van der Waals surface area (Å²) in [4.78, 5) is 30.9. The fraction of sp³-hybridized carbons (Fsp3) is 0.407. The van der Waals surface area contributed by atoms with Crippen LogP contribution >= 0.6 is 0 Å². The van der Waals surface area contributed by atoms with Gasteiger partial charge < -0.3 is 9.80 Å². The summed E-state index contributed by atoms with van der Waals surface area (Å²) in [5.41, 5.74) is 7.30. The zero-order chi connectivity index (χ0) is 23.5. The first-order valence-corrected chi connectivity index (χ1v) is 11.6. The van der Waals surface area contributed by atoms with Gasteiger partial charge >= 0.3 is 0 Å². The van der Waals surface area contributed by atoms with Gasteiger partial charge in [0.1, 0.15) is 5.69 Å². The molecule has 4 rings (SSSR count). The molecule has 0 bridgehead atoms. The van der Waals surface area contributed by atoms with Crippen LogP contribution in [-0.2, 0) is 6.42 Å². The van der Waals surface area contributed by atoms with Crippen LogP contribution in [0.5, 0.6) is 0 Å². The van der Waals surface area contributed by atoms with Crippen LogP contribution in [0.25, 0.3) is 0 Å². The number of benzene rings is 1. The van der Waals surface area contributed by atoms with Gasteiger partial charge in [-0.3, -0.25) is 9.78 Å². The number of piperidine rings is 1. The Balaban J connectivity index is 1.55. The molecule has 0 spiro atoms. The molecule has 1 aromatic carbocycles. The van der Waals surface area contributed by atoms with Gasteiger partial charge in [0.25, 0.3) is 5.91 Å². The fourth-order valence-electron chi connectivity index (χ4n) is 4.54. The monoisotopic (exact) mass is 443 g/mol. The van der Waals surface area contributed by atoms with Gasteiger partial charge in [-0.15, -0.1) is 0 Å². The van der Waals surface area contributed by atoms with Crippen LogP contribution in [0.3, 0.4) is 0 Å². The Kier molecular flexibility index (Phi) is 6.72. The molecular formula is C27H33N5O. The van der Waals surface area contributed by atoms with E-state index in [-0.39, 0.29) is 11.8 Å². The van der Waals surface area contributed by atoms with Crippen LogP contribution in [-0.4, -0.2) is 52.9 Å². The predicted molar refractivity (Wildman–Crippen MR) is 132 cm³/mol. The topological polar surface area (TPSA) is 62.2 Å². The molecular weight excluding hydrogens is 410 g/mol. The zero-order valence-electron chi connectivity index (χ0n) is 20.3. The van der Waals surface area contributed by atoms with Crippen LogP contribution < -0.4 is 4.90 Å². The molecule has 0 aliphatic carbocycles. The molecule has 6 nitrogen and oxygen atoms in total. The van der Waals surface area contributed by atoms with E-state index in [1.807, 2.05) is 30.8 Å². The molecule has 2 aromatic heterocycles. The highest BCUT2D eigenvalue weighted by Gasteiger charge is 2.28. The molecule has 3 heterocycles. The minimum absolute atomic E-state index is 0.0268. The molecule has 1 aliphatic rings. The van der Waals surface area contributed by atoms with E-state index in [1.165, 1.54) is 16.7 Å². The number of likely N-dealkylation sites (tertiary alicyclic amines) is 1. The van der Waals surface area contributed by atoms with Gasteiger partial charge in [0.05, 0.1) is 0 Å². The van der Waals surface area contributed by atoms with E-state index in [2.05, 4.69) is 60.2 Å². The number of amides is 1. The highest BCUT2D eigenvalue weighted by molar-refractivity contribution is 5.92. The maximum atomic E-state index is 13.3. The Morgan fingerprint density at radius 1 is 1.03 bits per heavy atom. The van der Waals surface area contributed by atoms with E-state index < -0.39 is 0 Å². The van der Waals surface area contributed by atoms with Gasteiger partial charge in [0.15, 0.2) is 0 Å². The third-order valence-electron chi connectivity index (χ3n) is 6.28. The SMILES string of the molecule is Cc1cc(Cc2ccccc2C)cc([C@@H]2CCCN(C(=O)c3cc(C)nc(N(C)C)n3)C2)n1. The number of carbonyl (C=O) groups excluding carboxylic acids is 1. The number of aromatic nitrogens is 3. The summed E-state index contributed by atoms with van der Waals surface area (Å²) >= 11 is 0. The lowest BCUT2D eigenvalue weighted by Gasteiger charge is -2.32. The summed E-state index contributed by atoms with van der Waals surface area (Å²) in [7, 11) is 3.77. The number of nitrogens with zero attached hydrogens (tertiary/aromatic N) is 5. The molecule has 1 atom stereocenters. The van der Waals surface area contributed by atoms with E-state index in [1.54, 1.807) is 6.07 Å². The lowest BCUT2D eigenvalue weighted by atomic mass is 9.91. The van der Waals surface area contributed by atoms with Crippen LogP contribution in [0, 0.1) is 20.8 Å². The summed E-state index contributed by atoms with van der Waals surface area (Å²) in [6.45, 7) is 7.53. The number of anilines is 1. The predicted octanol–water partition coefficient (Wildman–Crippen LogP) is 4.47. The van der Waals surface area contributed by atoms with Gasteiger partial charge in [0, 0.05) is 50.2 Å². The van der Waals surface area contributed by atoms with Crippen molar-refractivity contribution in [3.8, 4) is 0 Å². The summed E-state index contributed by atoms with van der Waals surface area (Å²) in [5, 5.41) is 0. The largest absolute Gasteiger partial charge is 0.347 e. The van der Waals surface area contributed by atoms with Crippen molar-refractivity contribution in [2.45, 2.75) is 46.0 Å². The van der Waals surface area contributed by atoms with Crippen molar-refractivity contribution in [1.82, 2.24) is 19.9 Å². The van der Waals surface area contributed by atoms with Crippen LogP contribution in [0.15, 0.2) is 42.5 Å². The highest BCUT2D eigenvalue weighted by Crippen LogP contribution is 2.28. The second-order valence-electron chi connectivity index (χ2n) is 9.32. The molecule has 1 aliphatic heterocycles. The molecule has 1 saturated heterocycles. The second kappa shape index (κ2) is 9.69. The highest BCUT2D eigenvalue weighted by atomic mass is 16.2. The standard InChI is InChI=1S/C27H33N5O/c1-18-9-6-7-10-22(18)15-21-13-19(2)28-24(16-21)23-11-8-12-32(17-23)26(33)25-14-20(3)29-27(30-25)31(4)5/h6-7,9-10,13-14,16,23H,8,11-12,15,17H2,1-5H3/t23-/m1/s1. The second-order valence-corrected chi connectivity index (χ2v) is 9.32. The molecule has 6 heteroatoms. The van der Waals surface area contributed by atoms with Crippen molar-refractivity contribution in [3.63, 3.8) is 0 Å². The minimum Gasteiger partial charge on any atom is -0.347 e. The van der Waals surface area contributed by atoms with Crippen molar-refractivity contribution in [2.75, 3.05) is 32.1 Å². The quantitative estimate of drug-likeness (QED) is 0.582. The molecule has 1 amide bonds. The van der Waals surface area contributed by atoms with Gasteiger partial charge in [-0.05, 0) is 74.9 Å². The Morgan fingerprint density at radius 2 is 1.79 bits per heavy atom. The van der Waals surface area contributed by atoms with Gasteiger partial charge in [-0.1, -0.05) is 24.3 Å². The van der Waals surface area contributed by atoms with Crippen molar-refractivity contribution < 1.29 is 4.79 Å². The molecule has 0 unspecified atom stereocenters. The normalized spacial score (nSPS) is 16.0.